The summed E-state index contributed by atoms with van der Waals surface area (Å²) < 4.78 is 26.8. The average molecular weight is 427 g/mol. The van der Waals surface area contributed by atoms with E-state index >= 15 is 0 Å². The van der Waals surface area contributed by atoms with Crippen LogP contribution in [0.5, 0.6) is 0 Å². The van der Waals surface area contributed by atoms with E-state index < -0.39 is 10.0 Å². The monoisotopic (exact) mass is 426 g/mol. The van der Waals surface area contributed by atoms with Crippen LogP contribution in [0.1, 0.15) is 21.5 Å². The Balaban J connectivity index is 1.59. The van der Waals surface area contributed by atoms with Crippen molar-refractivity contribution in [1.82, 2.24) is 5.32 Å². The molecule has 2 N–H and O–H groups in total. The summed E-state index contributed by atoms with van der Waals surface area (Å²) in [6.07, 6.45) is 1.51. The molecule has 3 rings (SSSR count). The Kier molecular flexibility index (Phi) is 6.69. The molecule has 0 aliphatic carbocycles. The molecule has 0 atom stereocenters. The SMILES string of the molecule is O=C(NCc1cccc(Cl)c1)c1ccc(NS(=O)(=O)/C=C/c2ccccc2)cc1. The first-order valence-corrected chi connectivity index (χ1v) is 10.7. The summed E-state index contributed by atoms with van der Waals surface area (Å²) in [5.74, 6) is -0.261. The molecule has 0 bridgehead atoms. The minimum atomic E-state index is -3.66. The number of hydrogen-bond acceptors (Lipinski definition) is 3. The van der Waals surface area contributed by atoms with Gasteiger partial charge in [0.25, 0.3) is 15.9 Å². The summed E-state index contributed by atoms with van der Waals surface area (Å²) in [7, 11) is -3.66. The van der Waals surface area contributed by atoms with Crippen LogP contribution < -0.4 is 10.0 Å². The van der Waals surface area contributed by atoms with E-state index in [0.29, 0.717) is 22.8 Å². The lowest BCUT2D eigenvalue weighted by Crippen LogP contribution is -2.22. The van der Waals surface area contributed by atoms with Crippen LogP contribution >= 0.6 is 11.6 Å². The maximum atomic E-state index is 12.3. The molecule has 0 unspecified atom stereocenters. The van der Waals surface area contributed by atoms with Gasteiger partial charge in [-0.1, -0.05) is 54.1 Å². The predicted molar refractivity (Wildman–Crippen MR) is 117 cm³/mol. The lowest BCUT2D eigenvalue weighted by Gasteiger charge is -2.08. The number of carbonyl (C=O) groups excluding carboxylic acids is 1. The van der Waals surface area contributed by atoms with E-state index in [0.717, 1.165) is 16.5 Å². The molecular formula is C22H19ClN2O3S. The van der Waals surface area contributed by atoms with Crippen LogP contribution in [-0.4, -0.2) is 14.3 Å². The number of anilines is 1. The zero-order valence-corrected chi connectivity index (χ0v) is 17.0. The highest BCUT2D eigenvalue weighted by Crippen LogP contribution is 2.14. The van der Waals surface area contributed by atoms with E-state index in [1.807, 2.05) is 42.5 Å². The molecule has 0 saturated carbocycles. The minimum absolute atomic E-state index is 0.261. The zero-order chi connectivity index (χ0) is 20.7. The van der Waals surface area contributed by atoms with Crippen molar-refractivity contribution in [3.63, 3.8) is 0 Å². The normalized spacial score (nSPS) is 11.3. The van der Waals surface area contributed by atoms with Gasteiger partial charge in [-0.3, -0.25) is 9.52 Å². The van der Waals surface area contributed by atoms with Gasteiger partial charge in [-0.2, -0.15) is 0 Å². The average Bonchev–Trinajstić information content (AvgIpc) is 2.72. The third kappa shape index (κ3) is 6.48. The van der Waals surface area contributed by atoms with Crippen molar-refractivity contribution < 1.29 is 13.2 Å². The molecule has 0 fully saturated rings. The molecule has 0 aliphatic rings. The van der Waals surface area contributed by atoms with Crippen molar-refractivity contribution >= 4 is 39.3 Å². The van der Waals surface area contributed by atoms with Crippen molar-refractivity contribution in [3.8, 4) is 0 Å². The van der Waals surface area contributed by atoms with E-state index in [1.165, 1.54) is 6.08 Å². The highest BCUT2D eigenvalue weighted by Gasteiger charge is 2.08. The lowest BCUT2D eigenvalue weighted by molar-refractivity contribution is 0.0951. The molecule has 3 aromatic carbocycles. The molecule has 0 aliphatic heterocycles. The van der Waals surface area contributed by atoms with Gasteiger partial charge in [-0.25, -0.2) is 8.42 Å². The Bertz CT molecular complexity index is 1110. The van der Waals surface area contributed by atoms with Gasteiger partial charge in [-0.15, -0.1) is 0 Å². The van der Waals surface area contributed by atoms with Crippen molar-refractivity contribution in [3.05, 3.63) is 106 Å². The van der Waals surface area contributed by atoms with E-state index in [1.54, 1.807) is 36.4 Å². The van der Waals surface area contributed by atoms with Gasteiger partial charge in [0.05, 0.1) is 5.41 Å². The van der Waals surface area contributed by atoms with Crippen molar-refractivity contribution in [2.75, 3.05) is 4.72 Å². The van der Waals surface area contributed by atoms with Gasteiger partial charge < -0.3 is 5.32 Å². The second kappa shape index (κ2) is 9.41. The van der Waals surface area contributed by atoms with E-state index in [4.69, 9.17) is 11.6 Å². The highest BCUT2D eigenvalue weighted by atomic mass is 35.5. The van der Waals surface area contributed by atoms with Gasteiger partial charge in [0.15, 0.2) is 0 Å². The molecule has 0 radical (unpaired) electrons. The van der Waals surface area contributed by atoms with Crippen molar-refractivity contribution in [2.24, 2.45) is 0 Å². The minimum Gasteiger partial charge on any atom is -0.348 e. The largest absolute Gasteiger partial charge is 0.348 e. The number of hydrogen-bond donors (Lipinski definition) is 2. The van der Waals surface area contributed by atoms with E-state index in [2.05, 4.69) is 10.0 Å². The third-order valence-corrected chi connectivity index (χ3v) is 5.24. The number of carbonyl (C=O) groups is 1. The number of nitrogens with one attached hydrogen (secondary N) is 2. The quantitative estimate of drug-likeness (QED) is 0.575. The summed E-state index contributed by atoms with van der Waals surface area (Å²) >= 11 is 5.93. The summed E-state index contributed by atoms with van der Waals surface area (Å²) in [5, 5.41) is 4.51. The standard InChI is InChI=1S/C22H19ClN2O3S/c23-20-8-4-7-18(15-20)16-24-22(26)19-9-11-21(12-10-19)25-29(27,28)14-13-17-5-2-1-3-6-17/h1-15,25H,16H2,(H,24,26)/b14-13+. The number of amides is 1. The first-order chi connectivity index (χ1) is 13.9. The second-order valence-electron chi connectivity index (χ2n) is 6.25. The Morgan fingerprint density at radius 3 is 2.34 bits per heavy atom. The Hall–Kier alpha value is -3.09. The summed E-state index contributed by atoms with van der Waals surface area (Å²) in [6, 6.07) is 22.6. The number of benzene rings is 3. The predicted octanol–water partition coefficient (Wildman–Crippen LogP) is 4.68. The third-order valence-electron chi connectivity index (χ3n) is 3.99. The van der Waals surface area contributed by atoms with Crippen LogP contribution in [0.4, 0.5) is 5.69 Å². The second-order valence-corrected chi connectivity index (χ2v) is 8.25. The summed E-state index contributed by atoms with van der Waals surface area (Å²) in [4.78, 5) is 12.3. The van der Waals surface area contributed by atoms with Crippen LogP contribution in [0.15, 0.2) is 84.3 Å². The number of sulfonamides is 1. The van der Waals surface area contributed by atoms with Gasteiger partial charge in [0, 0.05) is 22.8 Å². The van der Waals surface area contributed by atoms with Gasteiger partial charge in [-0.05, 0) is 53.6 Å². The maximum absolute atomic E-state index is 12.3. The first-order valence-electron chi connectivity index (χ1n) is 8.80. The lowest BCUT2D eigenvalue weighted by atomic mass is 10.2. The molecule has 148 valence electrons. The fourth-order valence-corrected chi connectivity index (χ4v) is 3.63. The summed E-state index contributed by atoms with van der Waals surface area (Å²) in [6.45, 7) is 0.345. The van der Waals surface area contributed by atoms with E-state index in [9.17, 15) is 13.2 Å². The molecule has 7 heteroatoms. The highest BCUT2D eigenvalue weighted by molar-refractivity contribution is 7.95. The fraction of sp³-hybridized carbons (Fsp3) is 0.0455. The van der Waals surface area contributed by atoms with Crippen LogP contribution in [0.2, 0.25) is 5.02 Å². The number of rotatable bonds is 7. The Morgan fingerprint density at radius 2 is 1.66 bits per heavy atom. The fourth-order valence-electron chi connectivity index (χ4n) is 2.55. The topological polar surface area (TPSA) is 75.3 Å². The Morgan fingerprint density at radius 1 is 0.931 bits per heavy atom. The maximum Gasteiger partial charge on any atom is 0.255 e. The van der Waals surface area contributed by atoms with Crippen molar-refractivity contribution in [1.29, 1.82) is 0 Å². The summed E-state index contributed by atoms with van der Waals surface area (Å²) in [5.41, 5.74) is 2.47. The first kappa shape index (κ1) is 20.6. The van der Waals surface area contributed by atoms with Crippen LogP contribution in [0, 0.1) is 0 Å². The molecule has 0 aromatic heterocycles. The molecule has 3 aromatic rings. The molecular weight excluding hydrogens is 408 g/mol. The van der Waals surface area contributed by atoms with Crippen molar-refractivity contribution in [2.45, 2.75) is 6.54 Å². The van der Waals surface area contributed by atoms with Crippen LogP contribution in [0.25, 0.3) is 6.08 Å². The zero-order valence-electron chi connectivity index (χ0n) is 15.4. The van der Waals surface area contributed by atoms with Crippen LogP contribution in [0.3, 0.4) is 0 Å². The number of halogens is 1. The molecule has 5 nitrogen and oxygen atoms in total. The molecule has 29 heavy (non-hydrogen) atoms. The molecule has 1 amide bonds. The smallest absolute Gasteiger partial charge is 0.255 e. The molecule has 0 spiro atoms. The molecule has 0 heterocycles. The van der Waals surface area contributed by atoms with Gasteiger partial charge in [0.1, 0.15) is 0 Å². The van der Waals surface area contributed by atoms with Gasteiger partial charge >= 0.3 is 0 Å². The van der Waals surface area contributed by atoms with Crippen LogP contribution in [-0.2, 0) is 16.6 Å². The van der Waals surface area contributed by atoms with E-state index in [-0.39, 0.29) is 5.91 Å². The van der Waals surface area contributed by atoms with Gasteiger partial charge in [0.2, 0.25) is 0 Å². The Labute approximate surface area is 175 Å². The molecule has 0 saturated heterocycles.